The first-order chi connectivity index (χ1) is 11.9. The topological polar surface area (TPSA) is 51.6 Å². The minimum atomic E-state index is 0. The van der Waals surface area contributed by atoms with Crippen LogP contribution in [0.25, 0.3) is 22.8 Å². The Morgan fingerprint density at radius 1 is 0.385 bits per heavy atom. The van der Waals surface area contributed by atoms with Crippen molar-refractivity contribution in [3.8, 4) is 22.8 Å². The summed E-state index contributed by atoms with van der Waals surface area (Å²) >= 11 is 0. The van der Waals surface area contributed by atoms with Crippen molar-refractivity contribution in [3.05, 3.63) is 97.6 Å². The van der Waals surface area contributed by atoms with Crippen LogP contribution in [0.5, 0.6) is 0 Å². The summed E-state index contributed by atoms with van der Waals surface area (Å²) < 4.78 is 0. The first kappa shape index (κ1) is 21.4. The Labute approximate surface area is 169 Å². The second-order valence-electron chi connectivity index (χ2n) is 4.86. The molecule has 0 fully saturated rings. The van der Waals surface area contributed by atoms with Crippen LogP contribution in [0, 0.1) is 0 Å². The number of hydrogen-bond donors (Lipinski definition) is 0. The van der Waals surface area contributed by atoms with Gasteiger partial charge >= 0.3 is 16.5 Å². The van der Waals surface area contributed by atoms with E-state index in [4.69, 9.17) is 0 Å². The third-order valence-electron chi connectivity index (χ3n) is 3.18. The Balaban J connectivity index is 0.000000241. The fourth-order valence-corrected chi connectivity index (χ4v) is 2.06. The molecule has 0 radical (unpaired) electrons. The molecule has 0 unspecified atom stereocenters. The van der Waals surface area contributed by atoms with E-state index in [0.29, 0.717) is 0 Å². The van der Waals surface area contributed by atoms with Crippen molar-refractivity contribution in [1.82, 2.24) is 19.9 Å². The summed E-state index contributed by atoms with van der Waals surface area (Å²) in [4.78, 5) is 16.7. The molecule has 4 rings (SSSR count). The first-order valence-corrected chi connectivity index (χ1v) is 7.58. The largest absolute Gasteiger partial charge is 2.00 e. The molecule has 6 heteroatoms. The second-order valence-corrected chi connectivity index (χ2v) is 4.86. The molecule has 4 nitrogen and oxygen atoms in total. The van der Waals surface area contributed by atoms with Gasteiger partial charge in [0.2, 0.25) is 0 Å². The maximum atomic E-state index is 4.19. The van der Waals surface area contributed by atoms with Gasteiger partial charge in [-0.3, -0.25) is 19.9 Å². The standard InChI is InChI=1S/2C10H8N2.ClH.Ni/c2*1-3-7-11-9(5-1)10-6-2-4-8-12-10;;/h2*1-8H;1H;/q;;;+2. The summed E-state index contributed by atoms with van der Waals surface area (Å²) in [5, 5.41) is 0. The number of rotatable bonds is 2. The van der Waals surface area contributed by atoms with Crippen molar-refractivity contribution < 1.29 is 16.5 Å². The fraction of sp³-hybridized carbons (Fsp3) is 0. The minimum absolute atomic E-state index is 0. The van der Waals surface area contributed by atoms with Gasteiger partial charge in [0.1, 0.15) is 0 Å². The predicted molar refractivity (Wildman–Crippen MR) is 102 cm³/mol. The molecule has 0 N–H and O–H groups in total. The molecule has 0 saturated heterocycles. The number of halogens is 1. The molecule has 0 atom stereocenters. The molecule has 0 amide bonds. The number of pyridine rings is 4. The number of hydrogen-bond acceptors (Lipinski definition) is 4. The maximum absolute atomic E-state index is 4.19. The molecule has 4 heterocycles. The molecule has 0 aliphatic rings. The van der Waals surface area contributed by atoms with E-state index in [9.17, 15) is 0 Å². The van der Waals surface area contributed by atoms with Crippen LogP contribution >= 0.6 is 12.4 Å². The monoisotopic (exact) mass is 406 g/mol. The van der Waals surface area contributed by atoms with Crippen LogP contribution in [0.4, 0.5) is 0 Å². The van der Waals surface area contributed by atoms with E-state index in [-0.39, 0.29) is 28.9 Å². The molecule has 0 aliphatic heterocycles. The third-order valence-corrected chi connectivity index (χ3v) is 3.18. The van der Waals surface area contributed by atoms with E-state index in [2.05, 4.69) is 19.9 Å². The Hall–Kier alpha value is -2.62. The van der Waals surface area contributed by atoms with E-state index in [1.54, 1.807) is 24.8 Å². The van der Waals surface area contributed by atoms with E-state index < -0.39 is 0 Å². The quantitative estimate of drug-likeness (QED) is 0.452. The van der Waals surface area contributed by atoms with Crippen LogP contribution in [0.15, 0.2) is 97.6 Å². The van der Waals surface area contributed by atoms with Crippen LogP contribution in [-0.2, 0) is 16.5 Å². The molecular formula is C20H17ClN4Ni+2. The molecule has 0 bridgehead atoms. The van der Waals surface area contributed by atoms with Gasteiger partial charge in [-0.15, -0.1) is 12.4 Å². The van der Waals surface area contributed by atoms with Crippen LogP contribution in [0.3, 0.4) is 0 Å². The summed E-state index contributed by atoms with van der Waals surface area (Å²) in [6, 6.07) is 23.2. The summed E-state index contributed by atoms with van der Waals surface area (Å²) in [6.45, 7) is 0. The molecule has 0 aromatic carbocycles. The van der Waals surface area contributed by atoms with Gasteiger partial charge in [0.15, 0.2) is 0 Å². The van der Waals surface area contributed by atoms with Crippen molar-refractivity contribution in [2.75, 3.05) is 0 Å². The third kappa shape index (κ3) is 6.36. The van der Waals surface area contributed by atoms with E-state index in [1.165, 1.54) is 0 Å². The summed E-state index contributed by atoms with van der Waals surface area (Å²) in [5.41, 5.74) is 3.66. The summed E-state index contributed by atoms with van der Waals surface area (Å²) in [7, 11) is 0. The van der Waals surface area contributed by atoms with Gasteiger partial charge in [0, 0.05) is 24.8 Å². The molecule has 4 aromatic heterocycles. The van der Waals surface area contributed by atoms with Crippen LogP contribution in [-0.4, -0.2) is 19.9 Å². The SMILES string of the molecule is Cl.[Ni+2].c1ccc(-c2ccccn2)nc1.c1ccc(-c2ccccn2)nc1. The van der Waals surface area contributed by atoms with Gasteiger partial charge in [0.25, 0.3) is 0 Å². The van der Waals surface area contributed by atoms with Crippen molar-refractivity contribution in [1.29, 1.82) is 0 Å². The molecule has 0 aliphatic carbocycles. The van der Waals surface area contributed by atoms with Crippen molar-refractivity contribution in [2.45, 2.75) is 0 Å². The van der Waals surface area contributed by atoms with Crippen molar-refractivity contribution in [3.63, 3.8) is 0 Å². The van der Waals surface area contributed by atoms with E-state index >= 15 is 0 Å². The first-order valence-electron chi connectivity index (χ1n) is 7.58. The van der Waals surface area contributed by atoms with E-state index in [1.807, 2.05) is 72.8 Å². The zero-order chi connectivity index (χ0) is 16.5. The predicted octanol–water partition coefficient (Wildman–Crippen LogP) is 4.71. The van der Waals surface area contributed by atoms with Crippen LogP contribution < -0.4 is 0 Å². The van der Waals surface area contributed by atoms with Gasteiger partial charge < -0.3 is 0 Å². The summed E-state index contributed by atoms with van der Waals surface area (Å²) in [5.74, 6) is 0. The minimum Gasteiger partial charge on any atom is -0.255 e. The van der Waals surface area contributed by atoms with Crippen molar-refractivity contribution in [2.24, 2.45) is 0 Å². The average molecular weight is 408 g/mol. The molecule has 0 saturated carbocycles. The van der Waals surface area contributed by atoms with Gasteiger partial charge in [-0.2, -0.15) is 0 Å². The molecule has 4 aromatic rings. The van der Waals surface area contributed by atoms with Gasteiger partial charge in [-0.05, 0) is 48.5 Å². The van der Waals surface area contributed by atoms with Crippen LogP contribution in [0.1, 0.15) is 0 Å². The molecule has 132 valence electrons. The maximum Gasteiger partial charge on any atom is 2.00 e. The zero-order valence-electron chi connectivity index (χ0n) is 13.8. The summed E-state index contributed by atoms with van der Waals surface area (Å²) in [6.07, 6.45) is 7.07. The second kappa shape index (κ2) is 11.9. The molecule has 26 heavy (non-hydrogen) atoms. The zero-order valence-corrected chi connectivity index (χ0v) is 15.6. The normalized spacial score (nSPS) is 8.92. The number of aromatic nitrogens is 4. The Morgan fingerprint density at radius 3 is 0.769 bits per heavy atom. The number of nitrogens with zero attached hydrogens (tertiary/aromatic N) is 4. The smallest absolute Gasteiger partial charge is 0.255 e. The van der Waals surface area contributed by atoms with Crippen molar-refractivity contribution >= 4 is 12.4 Å². The molecule has 0 spiro atoms. The Morgan fingerprint density at radius 2 is 0.615 bits per heavy atom. The van der Waals surface area contributed by atoms with E-state index in [0.717, 1.165) is 22.8 Å². The van der Waals surface area contributed by atoms with Gasteiger partial charge in [-0.25, -0.2) is 0 Å². The Kier molecular flexibility index (Phi) is 9.77. The van der Waals surface area contributed by atoms with Gasteiger partial charge in [-0.1, -0.05) is 24.3 Å². The average Bonchev–Trinajstić information content (AvgIpc) is 2.71. The molecular weight excluding hydrogens is 390 g/mol. The van der Waals surface area contributed by atoms with Crippen LogP contribution in [0.2, 0.25) is 0 Å². The van der Waals surface area contributed by atoms with Gasteiger partial charge in [0.05, 0.1) is 22.8 Å². The Bertz CT molecular complexity index is 698. The fourth-order valence-electron chi connectivity index (χ4n) is 2.06.